The number of hydrogen-bond acceptors (Lipinski definition) is 1. The highest BCUT2D eigenvalue weighted by molar-refractivity contribution is 5.32. The molecule has 1 N–H and O–H groups in total. The van der Waals surface area contributed by atoms with Gasteiger partial charge in [0.25, 0.3) is 0 Å². The SMILES string of the molecule is CCCCCCCCCCCC(CC(Cc1ccccc1O)C(C)(C)C)C(C)(C)C. The second kappa shape index (κ2) is 13.4. The lowest BCUT2D eigenvalue weighted by Crippen LogP contribution is -2.30. The Bertz CT molecular complexity index is 560. The van der Waals surface area contributed by atoms with E-state index in [-0.39, 0.29) is 5.41 Å². The van der Waals surface area contributed by atoms with E-state index >= 15 is 0 Å². The molecule has 0 aliphatic rings. The normalized spacial score (nSPS) is 14.6. The highest BCUT2D eigenvalue weighted by Gasteiger charge is 2.32. The molecule has 0 heterocycles. The minimum Gasteiger partial charge on any atom is -0.508 e. The molecule has 0 saturated heterocycles. The molecule has 174 valence electrons. The van der Waals surface area contributed by atoms with E-state index in [1.165, 1.54) is 70.6 Å². The predicted octanol–water partition coefficient (Wildman–Crippen LogP) is 9.57. The third-order valence-electron chi connectivity index (χ3n) is 7.13. The monoisotopic (exact) mass is 416 g/mol. The Hall–Kier alpha value is -0.980. The number of para-hydroxylation sites is 1. The van der Waals surface area contributed by atoms with Gasteiger partial charge in [0, 0.05) is 0 Å². The van der Waals surface area contributed by atoms with Crippen LogP contribution in [0.3, 0.4) is 0 Å². The number of hydrogen-bond donors (Lipinski definition) is 1. The average Bonchev–Trinajstić information content (AvgIpc) is 2.64. The summed E-state index contributed by atoms with van der Waals surface area (Å²) in [7, 11) is 0. The van der Waals surface area contributed by atoms with Gasteiger partial charge in [-0.15, -0.1) is 0 Å². The molecule has 1 heteroatoms. The van der Waals surface area contributed by atoms with Gasteiger partial charge in [-0.2, -0.15) is 0 Å². The number of rotatable bonds is 14. The molecule has 0 radical (unpaired) electrons. The molecule has 30 heavy (non-hydrogen) atoms. The molecule has 1 aromatic carbocycles. The third-order valence-corrected chi connectivity index (χ3v) is 7.13. The zero-order valence-corrected chi connectivity index (χ0v) is 21.4. The molecule has 2 atom stereocenters. The fourth-order valence-corrected chi connectivity index (χ4v) is 4.64. The first-order valence-corrected chi connectivity index (χ1v) is 12.8. The van der Waals surface area contributed by atoms with Gasteiger partial charge in [0.15, 0.2) is 0 Å². The summed E-state index contributed by atoms with van der Waals surface area (Å²) in [5.74, 6) is 1.77. The quantitative estimate of drug-likeness (QED) is 0.299. The molecular weight excluding hydrogens is 364 g/mol. The summed E-state index contributed by atoms with van der Waals surface area (Å²) in [6.45, 7) is 16.7. The van der Waals surface area contributed by atoms with Gasteiger partial charge in [-0.3, -0.25) is 0 Å². The topological polar surface area (TPSA) is 20.2 Å². The lowest BCUT2D eigenvalue weighted by molar-refractivity contribution is 0.123. The van der Waals surface area contributed by atoms with Crippen molar-refractivity contribution in [2.45, 2.75) is 126 Å². The van der Waals surface area contributed by atoms with Gasteiger partial charge in [-0.1, -0.05) is 124 Å². The van der Waals surface area contributed by atoms with Crippen LogP contribution in [-0.2, 0) is 6.42 Å². The van der Waals surface area contributed by atoms with Crippen molar-refractivity contribution in [3.05, 3.63) is 29.8 Å². The van der Waals surface area contributed by atoms with Crippen molar-refractivity contribution in [3.63, 3.8) is 0 Å². The van der Waals surface area contributed by atoms with Crippen molar-refractivity contribution in [3.8, 4) is 5.75 Å². The number of unbranched alkanes of at least 4 members (excludes halogenated alkanes) is 8. The summed E-state index contributed by atoms with van der Waals surface area (Å²) in [6, 6.07) is 7.91. The average molecular weight is 417 g/mol. The molecule has 0 spiro atoms. The Morgan fingerprint density at radius 3 is 1.70 bits per heavy atom. The maximum atomic E-state index is 10.3. The summed E-state index contributed by atoms with van der Waals surface area (Å²) < 4.78 is 0. The fraction of sp³-hybridized carbons (Fsp3) is 0.793. The van der Waals surface area contributed by atoms with Gasteiger partial charge in [0.1, 0.15) is 5.75 Å². The van der Waals surface area contributed by atoms with Gasteiger partial charge in [-0.25, -0.2) is 0 Å². The molecule has 0 saturated carbocycles. The van der Waals surface area contributed by atoms with Crippen LogP contribution in [-0.4, -0.2) is 5.11 Å². The van der Waals surface area contributed by atoms with Crippen LogP contribution < -0.4 is 0 Å². The van der Waals surface area contributed by atoms with Crippen molar-refractivity contribution in [1.29, 1.82) is 0 Å². The summed E-state index contributed by atoms with van der Waals surface area (Å²) >= 11 is 0. The summed E-state index contributed by atoms with van der Waals surface area (Å²) in [6.07, 6.45) is 16.2. The van der Waals surface area contributed by atoms with Crippen molar-refractivity contribution in [2.75, 3.05) is 0 Å². The van der Waals surface area contributed by atoms with E-state index < -0.39 is 0 Å². The number of phenolic OH excluding ortho intramolecular Hbond substituents is 1. The molecule has 0 amide bonds. The van der Waals surface area contributed by atoms with Gasteiger partial charge < -0.3 is 5.11 Å². The third kappa shape index (κ3) is 10.9. The van der Waals surface area contributed by atoms with Crippen molar-refractivity contribution in [2.24, 2.45) is 22.7 Å². The highest BCUT2D eigenvalue weighted by Crippen LogP contribution is 2.42. The summed E-state index contributed by atoms with van der Waals surface area (Å²) in [4.78, 5) is 0. The van der Waals surface area contributed by atoms with Gasteiger partial charge in [0.2, 0.25) is 0 Å². The van der Waals surface area contributed by atoms with E-state index in [2.05, 4.69) is 60.6 Å². The van der Waals surface area contributed by atoms with E-state index in [0.717, 1.165) is 17.9 Å². The predicted molar refractivity (Wildman–Crippen MR) is 134 cm³/mol. The molecule has 0 fully saturated rings. The molecule has 1 aromatic rings. The Balaban J connectivity index is 2.58. The zero-order chi connectivity index (χ0) is 22.6. The zero-order valence-electron chi connectivity index (χ0n) is 21.4. The summed E-state index contributed by atoms with van der Waals surface area (Å²) in [5, 5.41) is 10.3. The Morgan fingerprint density at radius 2 is 1.20 bits per heavy atom. The van der Waals surface area contributed by atoms with E-state index in [1.54, 1.807) is 0 Å². The molecular formula is C29H52O. The molecule has 2 unspecified atom stereocenters. The first-order chi connectivity index (χ1) is 14.1. The standard InChI is InChI=1S/C29H52O/c1-8-9-10-11-12-13-14-15-16-20-25(28(2,3)4)23-26(29(5,6)7)22-24-19-17-18-21-27(24)30/h17-19,21,25-26,30H,8-16,20,22-23H2,1-7H3. The van der Waals surface area contributed by atoms with Crippen LogP contribution in [0.15, 0.2) is 24.3 Å². The van der Waals surface area contributed by atoms with Crippen LogP contribution in [0.1, 0.15) is 125 Å². The largest absolute Gasteiger partial charge is 0.508 e. The number of phenols is 1. The maximum Gasteiger partial charge on any atom is 0.118 e. The van der Waals surface area contributed by atoms with Gasteiger partial charge >= 0.3 is 0 Å². The van der Waals surface area contributed by atoms with Gasteiger partial charge in [0.05, 0.1) is 0 Å². The van der Waals surface area contributed by atoms with Crippen molar-refractivity contribution in [1.82, 2.24) is 0 Å². The molecule has 0 aromatic heterocycles. The molecule has 0 aliphatic carbocycles. The minimum absolute atomic E-state index is 0.240. The number of benzene rings is 1. The number of aromatic hydroxyl groups is 1. The van der Waals surface area contributed by atoms with Crippen LogP contribution in [0.25, 0.3) is 0 Å². The fourth-order valence-electron chi connectivity index (χ4n) is 4.64. The van der Waals surface area contributed by atoms with E-state index in [0.29, 0.717) is 17.1 Å². The molecule has 0 bridgehead atoms. The van der Waals surface area contributed by atoms with Crippen LogP contribution in [0, 0.1) is 22.7 Å². The second-order valence-corrected chi connectivity index (χ2v) is 11.8. The first kappa shape index (κ1) is 27.1. The van der Waals surface area contributed by atoms with Crippen LogP contribution in [0.2, 0.25) is 0 Å². The Morgan fingerprint density at radius 1 is 0.700 bits per heavy atom. The van der Waals surface area contributed by atoms with E-state index in [9.17, 15) is 5.11 Å². The highest BCUT2D eigenvalue weighted by atomic mass is 16.3. The van der Waals surface area contributed by atoms with E-state index in [4.69, 9.17) is 0 Å². The molecule has 0 aliphatic heterocycles. The Kier molecular flexibility index (Phi) is 12.1. The van der Waals surface area contributed by atoms with Crippen LogP contribution in [0.5, 0.6) is 5.75 Å². The smallest absolute Gasteiger partial charge is 0.118 e. The lowest BCUT2D eigenvalue weighted by atomic mass is 9.66. The van der Waals surface area contributed by atoms with Gasteiger partial charge in [-0.05, 0) is 53.6 Å². The van der Waals surface area contributed by atoms with Crippen LogP contribution in [0.4, 0.5) is 0 Å². The maximum absolute atomic E-state index is 10.3. The van der Waals surface area contributed by atoms with E-state index in [1.807, 2.05) is 12.1 Å². The van der Waals surface area contributed by atoms with Crippen molar-refractivity contribution < 1.29 is 5.11 Å². The lowest BCUT2D eigenvalue weighted by Gasteiger charge is -2.39. The minimum atomic E-state index is 0.240. The molecule has 1 rings (SSSR count). The Labute approximate surface area is 189 Å². The van der Waals surface area contributed by atoms with Crippen LogP contribution >= 0.6 is 0 Å². The molecule has 1 nitrogen and oxygen atoms in total. The second-order valence-electron chi connectivity index (χ2n) is 11.8. The van der Waals surface area contributed by atoms with Crippen molar-refractivity contribution >= 4 is 0 Å². The first-order valence-electron chi connectivity index (χ1n) is 12.8. The summed E-state index contributed by atoms with van der Waals surface area (Å²) in [5.41, 5.74) is 1.68.